The van der Waals surface area contributed by atoms with Crippen molar-refractivity contribution in [2.75, 3.05) is 20.6 Å². The summed E-state index contributed by atoms with van der Waals surface area (Å²) in [6, 6.07) is 15.2. The van der Waals surface area contributed by atoms with Crippen molar-refractivity contribution in [2.24, 2.45) is 0 Å². The fraction of sp³-hybridized carbons (Fsp3) is 0.278. The molecule has 0 saturated carbocycles. The van der Waals surface area contributed by atoms with Gasteiger partial charge in [0, 0.05) is 17.0 Å². The molecule has 0 radical (unpaired) electrons. The maximum absolute atomic E-state index is 12.3. The topological polar surface area (TPSA) is 32.3 Å². The molecule has 0 aliphatic carbocycles. The second kappa shape index (κ2) is 8.40. The van der Waals surface area contributed by atoms with E-state index in [9.17, 15) is 18.0 Å². The molecule has 1 atom stereocenters. The Morgan fingerprint density at radius 1 is 1.08 bits per heavy atom. The fourth-order valence-corrected chi connectivity index (χ4v) is 2.91. The van der Waals surface area contributed by atoms with Crippen LogP contribution in [-0.2, 0) is 0 Å². The van der Waals surface area contributed by atoms with Crippen LogP contribution in [0.5, 0.6) is 0 Å². The molecule has 0 spiro atoms. The van der Waals surface area contributed by atoms with Gasteiger partial charge < -0.3 is 10.2 Å². The quantitative estimate of drug-likeness (QED) is 0.770. The lowest BCUT2D eigenvalue weighted by atomic mass is 10.1. The van der Waals surface area contributed by atoms with Crippen molar-refractivity contribution < 1.29 is 18.0 Å². The Morgan fingerprint density at radius 3 is 2.20 bits per heavy atom. The number of nitrogens with zero attached hydrogens (tertiary/aromatic N) is 1. The molecular weight excluding hydrogens is 349 g/mol. The van der Waals surface area contributed by atoms with E-state index in [1.54, 1.807) is 0 Å². The van der Waals surface area contributed by atoms with Crippen molar-refractivity contribution in [1.29, 1.82) is 0 Å². The van der Waals surface area contributed by atoms with Gasteiger partial charge in [-0.15, -0.1) is 0 Å². The lowest BCUT2D eigenvalue weighted by Crippen LogP contribution is -2.34. The summed E-state index contributed by atoms with van der Waals surface area (Å²) < 4.78 is 37.0. The number of thioether (sulfide) groups is 1. The summed E-state index contributed by atoms with van der Waals surface area (Å²) >= 11 is -0.198. The molecule has 1 N–H and O–H groups in total. The number of rotatable bonds is 6. The van der Waals surface area contributed by atoms with Gasteiger partial charge in [0.15, 0.2) is 0 Å². The zero-order valence-electron chi connectivity index (χ0n) is 13.9. The van der Waals surface area contributed by atoms with Gasteiger partial charge in [0.1, 0.15) is 0 Å². The molecular formula is C18H19F3N2OS. The Morgan fingerprint density at radius 2 is 1.68 bits per heavy atom. The van der Waals surface area contributed by atoms with E-state index in [2.05, 4.69) is 5.32 Å². The average Bonchev–Trinajstić information content (AvgIpc) is 2.54. The Kier molecular flexibility index (Phi) is 6.50. The molecule has 25 heavy (non-hydrogen) atoms. The van der Waals surface area contributed by atoms with Crippen molar-refractivity contribution in [3.63, 3.8) is 0 Å². The first-order valence-corrected chi connectivity index (χ1v) is 8.43. The summed E-state index contributed by atoms with van der Waals surface area (Å²) in [7, 11) is 3.85. The van der Waals surface area contributed by atoms with Crippen LogP contribution in [0.25, 0.3) is 0 Å². The van der Waals surface area contributed by atoms with E-state index in [1.165, 1.54) is 24.3 Å². The molecule has 0 saturated heterocycles. The van der Waals surface area contributed by atoms with Gasteiger partial charge in [-0.3, -0.25) is 4.79 Å². The van der Waals surface area contributed by atoms with E-state index in [4.69, 9.17) is 0 Å². The van der Waals surface area contributed by atoms with Crippen molar-refractivity contribution in [3.8, 4) is 0 Å². The predicted octanol–water partition coefficient (Wildman–Crippen LogP) is 4.33. The van der Waals surface area contributed by atoms with Crippen LogP contribution in [0.3, 0.4) is 0 Å². The van der Waals surface area contributed by atoms with Crippen LogP contribution in [0.15, 0.2) is 59.5 Å². The molecule has 2 aromatic carbocycles. The van der Waals surface area contributed by atoms with Crippen molar-refractivity contribution in [1.82, 2.24) is 10.2 Å². The number of carbonyl (C=O) groups excluding carboxylic acids is 1. The Labute approximate surface area is 149 Å². The number of hydrogen-bond donors (Lipinski definition) is 1. The molecule has 0 fully saturated rings. The highest BCUT2D eigenvalue weighted by molar-refractivity contribution is 8.00. The number of carbonyl (C=O) groups is 1. The van der Waals surface area contributed by atoms with E-state index in [0.29, 0.717) is 12.1 Å². The van der Waals surface area contributed by atoms with Crippen LogP contribution in [0.2, 0.25) is 0 Å². The molecule has 0 bridgehead atoms. The van der Waals surface area contributed by atoms with Crippen LogP contribution < -0.4 is 5.32 Å². The minimum atomic E-state index is -4.33. The number of benzene rings is 2. The standard InChI is InChI=1S/C18H19F3N2OS/c1-23(2)16(13-6-4-3-5-7-13)12-22-17(24)14-8-10-15(11-9-14)25-18(19,20)21/h3-11,16H,12H2,1-2H3,(H,22,24). The van der Waals surface area contributed by atoms with Gasteiger partial charge >= 0.3 is 5.51 Å². The molecule has 3 nitrogen and oxygen atoms in total. The fourth-order valence-electron chi connectivity index (χ4n) is 2.37. The van der Waals surface area contributed by atoms with Gasteiger partial charge in [0.25, 0.3) is 5.91 Å². The smallest absolute Gasteiger partial charge is 0.350 e. The van der Waals surface area contributed by atoms with Crippen molar-refractivity contribution in [3.05, 3.63) is 65.7 Å². The second-order valence-electron chi connectivity index (χ2n) is 5.67. The summed E-state index contributed by atoms with van der Waals surface area (Å²) in [6.07, 6.45) is 0. The third-order valence-corrected chi connectivity index (χ3v) is 4.35. The predicted molar refractivity (Wildman–Crippen MR) is 93.6 cm³/mol. The maximum Gasteiger partial charge on any atom is 0.446 e. The first-order valence-electron chi connectivity index (χ1n) is 7.61. The Bertz CT molecular complexity index is 688. The molecule has 0 heterocycles. The van der Waals surface area contributed by atoms with E-state index < -0.39 is 5.51 Å². The zero-order chi connectivity index (χ0) is 18.4. The van der Waals surface area contributed by atoms with Crippen LogP contribution in [0, 0.1) is 0 Å². The Hall–Kier alpha value is -1.99. The third-order valence-electron chi connectivity index (χ3n) is 3.61. The molecule has 1 unspecified atom stereocenters. The van der Waals surface area contributed by atoms with Crippen LogP contribution >= 0.6 is 11.8 Å². The van der Waals surface area contributed by atoms with E-state index >= 15 is 0 Å². The van der Waals surface area contributed by atoms with Gasteiger partial charge in [-0.2, -0.15) is 13.2 Å². The highest BCUT2D eigenvalue weighted by atomic mass is 32.2. The largest absolute Gasteiger partial charge is 0.446 e. The molecule has 1 amide bonds. The lowest BCUT2D eigenvalue weighted by molar-refractivity contribution is -0.0328. The molecule has 0 aliphatic rings. The first-order chi connectivity index (χ1) is 11.8. The number of likely N-dealkylation sites (N-methyl/N-ethyl adjacent to an activating group) is 1. The average molecular weight is 368 g/mol. The monoisotopic (exact) mass is 368 g/mol. The van der Waals surface area contributed by atoms with Gasteiger partial charge in [0.2, 0.25) is 0 Å². The number of halogens is 3. The number of alkyl halides is 3. The molecule has 2 aromatic rings. The van der Waals surface area contributed by atoms with Crippen LogP contribution in [-0.4, -0.2) is 37.0 Å². The number of hydrogen-bond acceptors (Lipinski definition) is 3. The third kappa shape index (κ3) is 6.10. The number of nitrogens with one attached hydrogen (secondary N) is 1. The van der Waals surface area contributed by atoms with Gasteiger partial charge in [0.05, 0.1) is 6.04 Å². The Balaban J connectivity index is 1.99. The minimum Gasteiger partial charge on any atom is -0.350 e. The molecule has 2 rings (SSSR count). The van der Waals surface area contributed by atoms with E-state index in [1.807, 2.05) is 49.3 Å². The van der Waals surface area contributed by atoms with Crippen molar-refractivity contribution in [2.45, 2.75) is 16.4 Å². The van der Waals surface area contributed by atoms with Crippen LogP contribution in [0.1, 0.15) is 22.0 Å². The van der Waals surface area contributed by atoms with Gasteiger partial charge in [-0.1, -0.05) is 30.3 Å². The summed E-state index contributed by atoms with van der Waals surface area (Å²) in [5.41, 5.74) is -2.93. The van der Waals surface area contributed by atoms with Crippen molar-refractivity contribution >= 4 is 17.7 Å². The lowest BCUT2D eigenvalue weighted by Gasteiger charge is -2.25. The summed E-state index contributed by atoms with van der Waals surface area (Å²) in [6.45, 7) is 0.398. The molecule has 7 heteroatoms. The van der Waals surface area contributed by atoms with Crippen LogP contribution in [0.4, 0.5) is 13.2 Å². The molecule has 0 aromatic heterocycles. The minimum absolute atomic E-state index is 0.00482. The first kappa shape index (κ1) is 19.3. The maximum atomic E-state index is 12.3. The zero-order valence-corrected chi connectivity index (χ0v) is 14.7. The second-order valence-corrected chi connectivity index (χ2v) is 6.81. The van der Waals surface area contributed by atoms with E-state index in [0.717, 1.165) is 5.56 Å². The summed E-state index contributed by atoms with van der Waals surface area (Å²) in [4.78, 5) is 14.3. The normalized spacial score (nSPS) is 12.9. The molecule has 134 valence electrons. The highest BCUT2D eigenvalue weighted by Gasteiger charge is 2.29. The number of amides is 1. The molecule has 0 aliphatic heterocycles. The van der Waals surface area contributed by atoms with Gasteiger partial charge in [-0.25, -0.2) is 0 Å². The highest BCUT2D eigenvalue weighted by Crippen LogP contribution is 2.36. The SMILES string of the molecule is CN(C)C(CNC(=O)c1ccc(SC(F)(F)F)cc1)c1ccccc1. The summed E-state index contributed by atoms with van der Waals surface area (Å²) in [5.74, 6) is -0.314. The summed E-state index contributed by atoms with van der Waals surface area (Å²) in [5, 5.41) is 2.84. The van der Waals surface area contributed by atoms with Gasteiger partial charge in [-0.05, 0) is 55.7 Å². The van der Waals surface area contributed by atoms with E-state index in [-0.39, 0.29) is 28.6 Å².